The van der Waals surface area contributed by atoms with Crippen LogP contribution in [-0.4, -0.2) is 33.8 Å². The van der Waals surface area contributed by atoms with E-state index in [2.05, 4.69) is 10.3 Å². The van der Waals surface area contributed by atoms with Crippen LogP contribution < -0.4 is 20.5 Å². The molecule has 144 valence electrons. The monoisotopic (exact) mass is 389 g/mol. The number of guanidine groups is 1. The predicted octanol–water partition coefficient (Wildman–Crippen LogP) is 2.32. The molecule has 0 bridgehead atoms. The summed E-state index contributed by atoms with van der Waals surface area (Å²) in [5, 5.41) is 3.02. The summed E-state index contributed by atoms with van der Waals surface area (Å²) in [5.41, 5.74) is 8.28. The number of fused-ring (bicyclic) bond motifs is 1. The lowest BCUT2D eigenvalue weighted by Gasteiger charge is -2.11. The van der Waals surface area contributed by atoms with Gasteiger partial charge < -0.3 is 20.5 Å². The Hall–Kier alpha value is -2.74. The summed E-state index contributed by atoms with van der Waals surface area (Å²) in [6, 6.07) is 12.8. The molecular weight excluding hydrogens is 366 g/mol. The highest BCUT2D eigenvalue weighted by Gasteiger charge is 2.11. The maximum absolute atomic E-state index is 11.6. The minimum Gasteiger partial charge on any atom is -0.490 e. The number of hydrogen-bond donors (Lipinski definition) is 2. The van der Waals surface area contributed by atoms with Crippen LogP contribution in [0.5, 0.6) is 11.5 Å². The van der Waals surface area contributed by atoms with Gasteiger partial charge in [-0.15, -0.1) is 0 Å². The van der Waals surface area contributed by atoms with Crippen LogP contribution in [0.2, 0.25) is 0 Å². The molecule has 1 aliphatic rings. The van der Waals surface area contributed by atoms with Crippen molar-refractivity contribution in [3.63, 3.8) is 0 Å². The number of rotatable bonds is 5. The fourth-order valence-corrected chi connectivity index (χ4v) is 3.58. The van der Waals surface area contributed by atoms with Crippen LogP contribution in [0, 0.1) is 0 Å². The Labute approximate surface area is 159 Å². The predicted molar refractivity (Wildman–Crippen MR) is 106 cm³/mol. The number of anilines is 1. The van der Waals surface area contributed by atoms with Gasteiger partial charge in [-0.2, -0.15) is 0 Å². The van der Waals surface area contributed by atoms with Gasteiger partial charge in [0.2, 0.25) is 0 Å². The smallest absolute Gasteiger partial charge is 0.193 e. The summed E-state index contributed by atoms with van der Waals surface area (Å²) in [4.78, 5) is 4.33. The van der Waals surface area contributed by atoms with E-state index >= 15 is 0 Å². The minimum atomic E-state index is -3.12. The van der Waals surface area contributed by atoms with Crippen LogP contribution in [0.15, 0.2) is 47.5 Å². The van der Waals surface area contributed by atoms with E-state index < -0.39 is 9.84 Å². The van der Waals surface area contributed by atoms with Gasteiger partial charge >= 0.3 is 0 Å². The Kier molecular flexibility index (Phi) is 5.85. The minimum absolute atomic E-state index is 0.0197. The molecule has 0 radical (unpaired) electrons. The van der Waals surface area contributed by atoms with Crippen molar-refractivity contribution in [2.24, 2.45) is 10.7 Å². The molecule has 1 heterocycles. The first kappa shape index (κ1) is 19.0. The Balaban J connectivity index is 1.70. The van der Waals surface area contributed by atoms with E-state index in [1.54, 1.807) is 6.07 Å². The van der Waals surface area contributed by atoms with E-state index in [-0.39, 0.29) is 18.3 Å². The molecule has 0 spiro atoms. The number of hydrogen-bond acceptors (Lipinski definition) is 5. The van der Waals surface area contributed by atoms with Crippen LogP contribution >= 0.6 is 0 Å². The third-order valence-electron chi connectivity index (χ3n) is 3.98. The van der Waals surface area contributed by atoms with Crippen molar-refractivity contribution in [1.29, 1.82) is 0 Å². The van der Waals surface area contributed by atoms with E-state index in [1.807, 2.05) is 36.4 Å². The Bertz CT molecular complexity index is 942. The third kappa shape index (κ3) is 5.62. The lowest BCUT2D eigenvalue weighted by molar-refractivity contribution is 0.297. The Morgan fingerprint density at radius 3 is 2.56 bits per heavy atom. The second-order valence-electron chi connectivity index (χ2n) is 6.38. The molecule has 0 fully saturated rings. The summed E-state index contributed by atoms with van der Waals surface area (Å²) >= 11 is 0. The molecule has 0 unspecified atom stereocenters. The lowest BCUT2D eigenvalue weighted by Crippen LogP contribution is -2.22. The van der Waals surface area contributed by atoms with Crippen LogP contribution in [0.3, 0.4) is 0 Å². The summed E-state index contributed by atoms with van der Waals surface area (Å²) < 4.78 is 34.4. The molecule has 27 heavy (non-hydrogen) atoms. The molecule has 3 rings (SSSR count). The second-order valence-corrected chi connectivity index (χ2v) is 8.52. The number of benzene rings is 2. The number of aliphatic imine (C=N–C) groups is 1. The number of nitrogens with two attached hydrogens (primary N) is 1. The van der Waals surface area contributed by atoms with Crippen LogP contribution in [0.4, 0.5) is 5.69 Å². The zero-order chi connectivity index (χ0) is 19.3. The van der Waals surface area contributed by atoms with Gasteiger partial charge in [-0.05, 0) is 23.3 Å². The average molecular weight is 389 g/mol. The maximum atomic E-state index is 11.6. The zero-order valence-corrected chi connectivity index (χ0v) is 16.0. The fraction of sp³-hybridized carbons (Fsp3) is 0.316. The summed E-state index contributed by atoms with van der Waals surface area (Å²) in [6.07, 6.45) is 2.06. The van der Waals surface area contributed by atoms with Gasteiger partial charge in [0.1, 0.15) is 0 Å². The molecule has 0 atom stereocenters. The van der Waals surface area contributed by atoms with Crippen molar-refractivity contribution in [3.8, 4) is 11.5 Å². The maximum Gasteiger partial charge on any atom is 0.193 e. The van der Waals surface area contributed by atoms with E-state index in [0.717, 1.165) is 23.2 Å². The second kappa shape index (κ2) is 8.30. The normalized spacial score (nSPS) is 14.5. The summed E-state index contributed by atoms with van der Waals surface area (Å²) in [7, 11) is -3.12. The van der Waals surface area contributed by atoms with Crippen LogP contribution in [0.1, 0.15) is 17.5 Å². The Morgan fingerprint density at radius 1 is 1.11 bits per heavy atom. The SMILES string of the molecule is CS(=O)(=O)Cc1ccccc1CN=C(N)Nc1ccc2c(c1)OCCCO2. The fourth-order valence-electron chi connectivity index (χ4n) is 2.73. The first-order valence-corrected chi connectivity index (χ1v) is 10.7. The molecule has 2 aromatic rings. The first-order chi connectivity index (χ1) is 12.9. The van der Waals surface area contributed by atoms with Gasteiger partial charge in [0.05, 0.1) is 25.5 Å². The quantitative estimate of drug-likeness (QED) is 0.601. The largest absolute Gasteiger partial charge is 0.490 e. The average Bonchev–Trinajstić information content (AvgIpc) is 2.84. The van der Waals surface area contributed by atoms with Crippen molar-refractivity contribution < 1.29 is 17.9 Å². The van der Waals surface area contributed by atoms with Crippen molar-refractivity contribution in [2.45, 2.75) is 18.7 Å². The number of nitrogens with zero attached hydrogens (tertiary/aromatic N) is 1. The van der Waals surface area contributed by atoms with Crippen LogP contribution in [-0.2, 0) is 22.1 Å². The topological polar surface area (TPSA) is 103 Å². The molecule has 0 saturated carbocycles. The standard InChI is InChI=1S/C19H23N3O4S/c1-27(23,24)13-15-6-3-2-5-14(15)12-21-19(20)22-16-7-8-17-18(11-16)26-10-4-9-25-17/h2-3,5-8,11H,4,9-10,12-13H2,1H3,(H3,20,21,22). The first-order valence-electron chi connectivity index (χ1n) is 8.62. The van der Waals surface area contributed by atoms with Crippen LogP contribution in [0.25, 0.3) is 0 Å². The Morgan fingerprint density at radius 2 is 1.81 bits per heavy atom. The van der Waals surface area contributed by atoms with E-state index in [1.165, 1.54) is 6.26 Å². The van der Waals surface area contributed by atoms with E-state index in [0.29, 0.717) is 24.7 Å². The van der Waals surface area contributed by atoms with Gasteiger partial charge in [-0.25, -0.2) is 13.4 Å². The molecule has 7 nitrogen and oxygen atoms in total. The molecule has 2 aromatic carbocycles. The van der Waals surface area contributed by atoms with Gasteiger partial charge in [0, 0.05) is 24.4 Å². The molecule has 3 N–H and O–H groups in total. The van der Waals surface area contributed by atoms with Crippen molar-refractivity contribution in [2.75, 3.05) is 24.8 Å². The molecule has 8 heteroatoms. The van der Waals surface area contributed by atoms with Crippen molar-refractivity contribution in [3.05, 3.63) is 53.6 Å². The van der Waals surface area contributed by atoms with E-state index in [9.17, 15) is 8.42 Å². The molecule has 1 aliphatic heterocycles. The van der Waals surface area contributed by atoms with Gasteiger partial charge in [-0.3, -0.25) is 0 Å². The van der Waals surface area contributed by atoms with Gasteiger partial charge in [0.15, 0.2) is 27.3 Å². The number of sulfone groups is 1. The molecular formula is C19H23N3O4S. The molecule has 0 saturated heterocycles. The number of ether oxygens (including phenoxy) is 2. The summed E-state index contributed by atoms with van der Waals surface area (Å²) in [5.74, 6) is 1.60. The molecule has 0 aromatic heterocycles. The number of nitrogens with one attached hydrogen (secondary N) is 1. The van der Waals surface area contributed by atoms with E-state index in [4.69, 9.17) is 15.2 Å². The van der Waals surface area contributed by atoms with Gasteiger partial charge in [0.25, 0.3) is 0 Å². The third-order valence-corrected chi connectivity index (χ3v) is 4.81. The highest BCUT2D eigenvalue weighted by molar-refractivity contribution is 7.89. The highest BCUT2D eigenvalue weighted by atomic mass is 32.2. The zero-order valence-electron chi connectivity index (χ0n) is 15.1. The molecule has 0 amide bonds. The van der Waals surface area contributed by atoms with Crippen molar-refractivity contribution >= 4 is 21.5 Å². The molecule has 0 aliphatic carbocycles. The van der Waals surface area contributed by atoms with Gasteiger partial charge in [-0.1, -0.05) is 24.3 Å². The lowest BCUT2D eigenvalue weighted by atomic mass is 10.1. The highest BCUT2D eigenvalue weighted by Crippen LogP contribution is 2.32. The van der Waals surface area contributed by atoms with Crippen molar-refractivity contribution in [1.82, 2.24) is 0 Å². The summed E-state index contributed by atoms with van der Waals surface area (Å²) in [6.45, 7) is 1.53.